The maximum Gasteiger partial charge on any atom is 0.131 e. The Balaban J connectivity index is 0.00000162. The van der Waals surface area contributed by atoms with Gasteiger partial charge in [0, 0.05) is 22.1 Å². The van der Waals surface area contributed by atoms with Crippen molar-refractivity contribution in [1.82, 2.24) is 9.97 Å². The predicted molar refractivity (Wildman–Crippen MR) is 150 cm³/mol. The first-order valence-electron chi connectivity index (χ1n) is 10.9. The van der Waals surface area contributed by atoms with E-state index < -0.39 is 0 Å². The highest BCUT2D eigenvalue weighted by Gasteiger charge is 2.07. The third kappa shape index (κ3) is 4.93. The molecule has 34 heavy (non-hydrogen) atoms. The quantitative estimate of drug-likeness (QED) is 0.265. The summed E-state index contributed by atoms with van der Waals surface area (Å²) in [5.74, 6) is 1.71. The van der Waals surface area contributed by atoms with Crippen LogP contribution in [-0.4, -0.2) is 9.97 Å². The molecule has 0 unspecified atom stereocenters. The fraction of sp³-hybridized carbons (Fsp3) is 0.143. The topological polar surface area (TPSA) is 49.8 Å². The van der Waals surface area contributed by atoms with Crippen LogP contribution in [0.4, 0.5) is 23.0 Å². The maximum atomic E-state index is 4.83. The molecule has 174 valence electrons. The van der Waals surface area contributed by atoms with E-state index in [0.717, 1.165) is 34.0 Å². The molecule has 0 aliphatic rings. The summed E-state index contributed by atoms with van der Waals surface area (Å²) >= 11 is 0. The van der Waals surface area contributed by atoms with E-state index in [0.29, 0.717) is 0 Å². The molecule has 0 radical (unpaired) electrons. The van der Waals surface area contributed by atoms with Crippen LogP contribution >= 0.6 is 24.8 Å². The van der Waals surface area contributed by atoms with Crippen LogP contribution in [-0.2, 0) is 0 Å². The van der Waals surface area contributed by atoms with E-state index in [2.05, 4.69) is 111 Å². The van der Waals surface area contributed by atoms with Crippen molar-refractivity contribution in [3.63, 3.8) is 0 Å². The van der Waals surface area contributed by atoms with Gasteiger partial charge in [-0.2, -0.15) is 0 Å². The van der Waals surface area contributed by atoms with Gasteiger partial charge in [0.2, 0.25) is 0 Å². The number of anilines is 4. The van der Waals surface area contributed by atoms with Gasteiger partial charge in [-0.15, -0.1) is 24.8 Å². The molecular weight excluding hydrogens is 463 g/mol. The summed E-state index contributed by atoms with van der Waals surface area (Å²) in [7, 11) is 0. The zero-order chi connectivity index (χ0) is 22.2. The highest BCUT2D eigenvalue weighted by molar-refractivity contribution is 5.88. The summed E-state index contributed by atoms with van der Waals surface area (Å²) < 4.78 is 0. The lowest BCUT2D eigenvalue weighted by molar-refractivity contribution is 1.31. The second-order valence-corrected chi connectivity index (χ2v) is 8.42. The van der Waals surface area contributed by atoms with Crippen molar-refractivity contribution in [1.29, 1.82) is 0 Å². The monoisotopic (exact) mass is 490 g/mol. The van der Waals surface area contributed by atoms with Gasteiger partial charge in [-0.05, 0) is 86.3 Å². The van der Waals surface area contributed by atoms with Crippen LogP contribution in [0.1, 0.15) is 22.3 Å². The Kier molecular flexibility index (Phi) is 7.65. The molecule has 0 saturated heterocycles. The number of aromatic nitrogens is 2. The second-order valence-electron chi connectivity index (χ2n) is 8.42. The molecule has 0 atom stereocenters. The van der Waals surface area contributed by atoms with E-state index in [1.165, 1.54) is 33.0 Å². The number of rotatable bonds is 4. The fourth-order valence-electron chi connectivity index (χ4n) is 4.18. The van der Waals surface area contributed by atoms with Crippen molar-refractivity contribution in [2.45, 2.75) is 27.7 Å². The number of pyridine rings is 2. The third-order valence-electron chi connectivity index (χ3n) is 5.93. The number of benzene rings is 3. The molecule has 0 saturated carbocycles. The van der Waals surface area contributed by atoms with Gasteiger partial charge in [0.15, 0.2) is 0 Å². The summed E-state index contributed by atoms with van der Waals surface area (Å²) in [5, 5.41) is 9.28. The van der Waals surface area contributed by atoms with E-state index in [1.54, 1.807) is 0 Å². The molecule has 2 heterocycles. The van der Waals surface area contributed by atoms with Crippen molar-refractivity contribution in [2.24, 2.45) is 0 Å². The molecule has 3 aromatic carbocycles. The summed E-state index contributed by atoms with van der Waals surface area (Å²) in [5.41, 5.74) is 8.87. The average Bonchev–Trinajstić information content (AvgIpc) is 2.77. The molecule has 0 aliphatic heterocycles. The summed E-state index contributed by atoms with van der Waals surface area (Å²) in [6.07, 6.45) is 0. The molecule has 5 aromatic rings. The van der Waals surface area contributed by atoms with Gasteiger partial charge < -0.3 is 10.6 Å². The molecule has 0 bridgehead atoms. The lowest BCUT2D eigenvalue weighted by Gasteiger charge is -2.12. The second kappa shape index (κ2) is 10.3. The van der Waals surface area contributed by atoms with Crippen molar-refractivity contribution in [3.05, 3.63) is 95.1 Å². The predicted octanol–water partition coefficient (Wildman–Crippen LogP) is 8.35. The van der Waals surface area contributed by atoms with Crippen molar-refractivity contribution < 1.29 is 0 Å². The fourth-order valence-corrected chi connectivity index (χ4v) is 4.18. The molecule has 2 aromatic heterocycles. The molecule has 5 rings (SSSR count). The average molecular weight is 491 g/mol. The highest BCUT2D eigenvalue weighted by Crippen LogP contribution is 2.27. The molecule has 0 amide bonds. The lowest BCUT2D eigenvalue weighted by Crippen LogP contribution is -1.98. The van der Waals surface area contributed by atoms with Crippen LogP contribution in [0.2, 0.25) is 0 Å². The minimum absolute atomic E-state index is 0. The van der Waals surface area contributed by atoms with Crippen molar-refractivity contribution in [3.8, 4) is 0 Å². The lowest BCUT2D eigenvalue weighted by atomic mass is 10.1. The summed E-state index contributed by atoms with van der Waals surface area (Å²) in [6.45, 7) is 8.45. The zero-order valence-corrected chi connectivity index (χ0v) is 21.3. The Labute approximate surface area is 212 Å². The largest absolute Gasteiger partial charge is 0.340 e. The molecule has 4 nitrogen and oxygen atoms in total. The van der Waals surface area contributed by atoms with E-state index in [9.17, 15) is 0 Å². The third-order valence-corrected chi connectivity index (χ3v) is 5.93. The Morgan fingerprint density at radius 1 is 0.500 bits per heavy atom. The molecule has 0 aliphatic carbocycles. The van der Waals surface area contributed by atoms with Crippen molar-refractivity contribution in [2.75, 3.05) is 10.6 Å². The van der Waals surface area contributed by atoms with Crippen LogP contribution in [0, 0.1) is 27.7 Å². The Morgan fingerprint density at radius 2 is 0.882 bits per heavy atom. The standard InChI is InChI=1S/C28H26N4.2ClH/c1-17-7-5-9-23-19(3)15-25(31-27(17)23)29-21-11-13-22(14-12-21)30-26-16-20(4)24-10-6-8-18(2)28(24)32-26;;/h5-16H,1-4H3,(H,29,31)(H,30,32);2*1H. The number of aryl methyl sites for hydroxylation is 4. The van der Waals surface area contributed by atoms with Gasteiger partial charge in [0.25, 0.3) is 0 Å². The van der Waals surface area contributed by atoms with Crippen LogP contribution in [0.3, 0.4) is 0 Å². The molecule has 0 spiro atoms. The first kappa shape index (κ1) is 25.3. The number of hydrogen-bond donors (Lipinski definition) is 2. The SMILES string of the molecule is Cc1cc(Nc2ccc(Nc3cc(C)c4cccc(C)c4n3)cc2)nc2c(C)cccc12.Cl.Cl. The van der Waals surface area contributed by atoms with Crippen LogP contribution in [0.5, 0.6) is 0 Å². The molecule has 2 N–H and O–H groups in total. The van der Waals surface area contributed by atoms with Crippen molar-refractivity contribution >= 4 is 69.6 Å². The van der Waals surface area contributed by atoms with E-state index >= 15 is 0 Å². The number of nitrogens with one attached hydrogen (secondary N) is 2. The van der Waals surface area contributed by atoms with Gasteiger partial charge in [0.05, 0.1) is 11.0 Å². The number of para-hydroxylation sites is 2. The zero-order valence-electron chi connectivity index (χ0n) is 19.6. The maximum absolute atomic E-state index is 4.83. The van der Waals surface area contributed by atoms with Gasteiger partial charge in [0.1, 0.15) is 11.6 Å². The Morgan fingerprint density at radius 3 is 1.26 bits per heavy atom. The number of fused-ring (bicyclic) bond motifs is 2. The van der Waals surface area contributed by atoms with E-state index in [4.69, 9.17) is 9.97 Å². The van der Waals surface area contributed by atoms with Gasteiger partial charge in [-0.25, -0.2) is 9.97 Å². The Bertz CT molecular complexity index is 1350. The van der Waals surface area contributed by atoms with Gasteiger partial charge in [-0.1, -0.05) is 36.4 Å². The minimum Gasteiger partial charge on any atom is -0.340 e. The summed E-state index contributed by atoms with van der Waals surface area (Å²) in [6, 6.07) is 25.0. The molecule has 6 heteroatoms. The highest BCUT2D eigenvalue weighted by atomic mass is 35.5. The van der Waals surface area contributed by atoms with E-state index in [1.807, 2.05) is 0 Å². The normalized spacial score (nSPS) is 10.5. The van der Waals surface area contributed by atoms with E-state index in [-0.39, 0.29) is 24.8 Å². The number of hydrogen-bond acceptors (Lipinski definition) is 4. The first-order valence-corrected chi connectivity index (χ1v) is 10.9. The number of halogens is 2. The van der Waals surface area contributed by atoms with Crippen LogP contribution < -0.4 is 10.6 Å². The van der Waals surface area contributed by atoms with Gasteiger partial charge >= 0.3 is 0 Å². The first-order chi connectivity index (χ1) is 15.5. The van der Waals surface area contributed by atoms with Crippen LogP contribution in [0.15, 0.2) is 72.8 Å². The summed E-state index contributed by atoms with van der Waals surface area (Å²) in [4.78, 5) is 9.66. The molecular formula is C28H28Cl2N4. The van der Waals surface area contributed by atoms with Crippen LogP contribution in [0.25, 0.3) is 21.8 Å². The molecule has 0 fully saturated rings. The Hall–Kier alpha value is -3.34. The number of nitrogens with zero attached hydrogens (tertiary/aromatic N) is 2. The van der Waals surface area contributed by atoms with Gasteiger partial charge in [-0.3, -0.25) is 0 Å². The smallest absolute Gasteiger partial charge is 0.131 e. The minimum atomic E-state index is 0.